The van der Waals surface area contributed by atoms with Gasteiger partial charge < -0.3 is 17.7 Å². The van der Waals surface area contributed by atoms with E-state index >= 15 is 0 Å². The molecule has 15 heavy (non-hydrogen) atoms. The Morgan fingerprint density at radius 3 is 1.33 bits per heavy atom. The molecule has 0 saturated heterocycles. The van der Waals surface area contributed by atoms with E-state index in [4.69, 9.17) is 17.7 Å². The molecule has 92 valence electrons. The zero-order valence-corrected chi connectivity index (χ0v) is 11.7. The van der Waals surface area contributed by atoms with Gasteiger partial charge in [0.2, 0.25) is 0 Å². The van der Waals surface area contributed by atoms with Crippen molar-refractivity contribution in [1.29, 1.82) is 0 Å². The molecule has 0 bridgehead atoms. The first kappa shape index (κ1) is 15.1. The van der Waals surface area contributed by atoms with Crippen molar-refractivity contribution in [2.75, 3.05) is 27.4 Å². The first-order valence-electron chi connectivity index (χ1n) is 5.34. The van der Waals surface area contributed by atoms with Gasteiger partial charge in [-0.15, -0.1) is 0 Å². The van der Waals surface area contributed by atoms with Crippen LogP contribution in [0.25, 0.3) is 0 Å². The van der Waals surface area contributed by atoms with Gasteiger partial charge in [0.25, 0.3) is 0 Å². The van der Waals surface area contributed by atoms with Crippen molar-refractivity contribution >= 4 is 9.05 Å². The Kier molecular flexibility index (Phi) is 7.38. The highest BCUT2D eigenvalue weighted by molar-refractivity contribution is 6.53. The van der Waals surface area contributed by atoms with Crippen LogP contribution in [0.2, 0.25) is 0 Å². The second-order valence-electron chi connectivity index (χ2n) is 4.32. The van der Waals surface area contributed by atoms with Gasteiger partial charge in [0.1, 0.15) is 0 Å². The fourth-order valence-corrected chi connectivity index (χ4v) is 2.69. The topological polar surface area (TPSA) is 36.9 Å². The summed E-state index contributed by atoms with van der Waals surface area (Å²) in [4.78, 5) is 0. The molecule has 4 nitrogen and oxygen atoms in total. The minimum absolute atomic E-state index is 0.435. The van der Waals surface area contributed by atoms with E-state index in [-0.39, 0.29) is 0 Å². The average Bonchev–Trinajstić information content (AvgIpc) is 2.19. The van der Waals surface area contributed by atoms with Gasteiger partial charge in [-0.3, -0.25) is 0 Å². The van der Waals surface area contributed by atoms with Gasteiger partial charge in [-0.25, -0.2) is 0 Å². The fourth-order valence-electron chi connectivity index (χ4n) is 0.898. The highest BCUT2D eigenvalue weighted by atomic mass is 28.4. The lowest BCUT2D eigenvalue weighted by Crippen LogP contribution is -2.48. The van der Waals surface area contributed by atoms with Crippen molar-refractivity contribution in [2.24, 2.45) is 11.8 Å². The Morgan fingerprint density at radius 1 is 0.800 bits per heavy atom. The van der Waals surface area contributed by atoms with Crippen molar-refractivity contribution in [1.82, 2.24) is 0 Å². The van der Waals surface area contributed by atoms with E-state index < -0.39 is 9.05 Å². The molecule has 0 aromatic carbocycles. The molecule has 0 aliphatic heterocycles. The molecule has 0 N–H and O–H groups in total. The summed E-state index contributed by atoms with van der Waals surface area (Å²) in [5.74, 6) is 0.870. The standard InChI is InChI=1S/C10H24O4Si/c1-9(2)7-13-15(11-5,12-6)14-8-10(3)4/h9-10H,7-8H2,1-6H3. The second-order valence-corrected chi connectivity index (χ2v) is 6.71. The summed E-state index contributed by atoms with van der Waals surface area (Å²) >= 11 is 0. The Labute approximate surface area is 94.4 Å². The van der Waals surface area contributed by atoms with Crippen LogP contribution in [0, 0.1) is 11.8 Å². The predicted molar refractivity (Wildman–Crippen MR) is 61.4 cm³/mol. The molecule has 0 aromatic heterocycles. The van der Waals surface area contributed by atoms with Crippen molar-refractivity contribution in [2.45, 2.75) is 27.7 Å². The first-order chi connectivity index (χ1) is 6.95. The van der Waals surface area contributed by atoms with Gasteiger partial charge in [-0.2, -0.15) is 0 Å². The Balaban J connectivity index is 4.17. The van der Waals surface area contributed by atoms with E-state index in [0.29, 0.717) is 25.0 Å². The van der Waals surface area contributed by atoms with Crippen LogP contribution in [-0.2, 0) is 17.7 Å². The molecular weight excluding hydrogens is 212 g/mol. The van der Waals surface area contributed by atoms with Crippen LogP contribution in [0.4, 0.5) is 0 Å². The van der Waals surface area contributed by atoms with Crippen molar-refractivity contribution in [3.8, 4) is 0 Å². The van der Waals surface area contributed by atoms with Crippen LogP contribution in [0.5, 0.6) is 0 Å². The van der Waals surface area contributed by atoms with Crippen LogP contribution < -0.4 is 0 Å². The molecule has 0 atom stereocenters. The fraction of sp³-hybridized carbons (Fsp3) is 1.00. The number of hydrogen-bond acceptors (Lipinski definition) is 4. The maximum absolute atomic E-state index is 5.61. The minimum Gasteiger partial charge on any atom is -0.355 e. The van der Waals surface area contributed by atoms with Crippen LogP contribution >= 0.6 is 0 Å². The second kappa shape index (κ2) is 7.35. The molecule has 0 aliphatic rings. The van der Waals surface area contributed by atoms with Crippen LogP contribution in [-0.4, -0.2) is 36.5 Å². The van der Waals surface area contributed by atoms with E-state index in [1.807, 2.05) is 0 Å². The van der Waals surface area contributed by atoms with Crippen molar-refractivity contribution in [3.05, 3.63) is 0 Å². The van der Waals surface area contributed by atoms with Gasteiger partial charge >= 0.3 is 9.05 Å². The van der Waals surface area contributed by atoms with E-state index in [1.165, 1.54) is 0 Å². The Hall–Kier alpha value is 0.0569. The van der Waals surface area contributed by atoms with E-state index in [1.54, 1.807) is 14.2 Å². The maximum Gasteiger partial charge on any atom is 0.679 e. The third kappa shape index (κ3) is 6.27. The highest BCUT2D eigenvalue weighted by Gasteiger charge is 2.43. The van der Waals surface area contributed by atoms with Gasteiger partial charge in [0.15, 0.2) is 0 Å². The zero-order chi connectivity index (χ0) is 11.9. The molecule has 0 radical (unpaired) electrons. The molecule has 0 fully saturated rings. The lowest BCUT2D eigenvalue weighted by molar-refractivity contribution is -0.0201. The first-order valence-corrected chi connectivity index (χ1v) is 6.97. The molecule has 0 spiro atoms. The summed E-state index contributed by atoms with van der Waals surface area (Å²) in [7, 11) is 0.263. The molecule has 5 heteroatoms. The monoisotopic (exact) mass is 236 g/mol. The van der Waals surface area contributed by atoms with E-state index in [2.05, 4.69) is 27.7 Å². The molecule has 0 unspecified atom stereocenters. The molecule has 0 aromatic rings. The average molecular weight is 236 g/mol. The van der Waals surface area contributed by atoms with Crippen LogP contribution in [0.1, 0.15) is 27.7 Å². The third-order valence-electron chi connectivity index (χ3n) is 1.69. The lowest BCUT2D eigenvalue weighted by Gasteiger charge is -2.26. The summed E-state index contributed by atoms with van der Waals surface area (Å²) in [5.41, 5.74) is 0. The Morgan fingerprint density at radius 2 is 1.13 bits per heavy atom. The molecule has 0 saturated carbocycles. The largest absolute Gasteiger partial charge is 0.679 e. The van der Waals surface area contributed by atoms with E-state index in [0.717, 1.165) is 0 Å². The summed E-state index contributed by atoms with van der Waals surface area (Å²) in [6.45, 7) is 9.48. The van der Waals surface area contributed by atoms with Crippen molar-refractivity contribution < 1.29 is 17.7 Å². The minimum atomic E-state index is -2.87. The van der Waals surface area contributed by atoms with Crippen LogP contribution in [0.3, 0.4) is 0 Å². The highest BCUT2D eigenvalue weighted by Crippen LogP contribution is 2.12. The lowest BCUT2D eigenvalue weighted by atomic mass is 10.2. The Bertz CT molecular complexity index is 144. The summed E-state index contributed by atoms with van der Waals surface area (Å²) in [6.07, 6.45) is 0. The van der Waals surface area contributed by atoms with Crippen molar-refractivity contribution in [3.63, 3.8) is 0 Å². The zero-order valence-electron chi connectivity index (χ0n) is 10.7. The summed E-state index contributed by atoms with van der Waals surface area (Å²) in [6, 6.07) is 0. The maximum atomic E-state index is 5.61. The SMILES string of the molecule is CO[Si](OC)(OCC(C)C)OCC(C)C. The quantitative estimate of drug-likeness (QED) is 0.605. The summed E-state index contributed by atoms with van der Waals surface area (Å²) in [5, 5.41) is 0. The predicted octanol–water partition coefficient (Wildman–Crippen LogP) is 2.06. The molecular formula is C10H24O4Si. The molecule has 0 heterocycles. The normalized spacial score (nSPS) is 12.8. The third-order valence-corrected chi connectivity index (χ3v) is 3.73. The molecule has 0 amide bonds. The van der Waals surface area contributed by atoms with Gasteiger partial charge in [-0.1, -0.05) is 27.7 Å². The van der Waals surface area contributed by atoms with Crippen LogP contribution in [0.15, 0.2) is 0 Å². The molecule has 0 aliphatic carbocycles. The number of hydrogen-bond donors (Lipinski definition) is 0. The van der Waals surface area contributed by atoms with E-state index in [9.17, 15) is 0 Å². The summed E-state index contributed by atoms with van der Waals surface area (Å²) < 4.78 is 21.7. The smallest absolute Gasteiger partial charge is 0.355 e. The molecule has 0 rings (SSSR count). The van der Waals surface area contributed by atoms with Gasteiger partial charge in [0, 0.05) is 27.4 Å². The van der Waals surface area contributed by atoms with Gasteiger partial charge in [0.05, 0.1) is 0 Å². The van der Waals surface area contributed by atoms with Gasteiger partial charge in [-0.05, 0) is 11.8 Å². The number of rotatable bonds is 8.